The van der Waals surface area contributed by atoms with Crippen LogP contribution in [0.2, 0.25) is 0 Å². The van der Waals surface area contributed by atoms with Crippen LogP contribution in [0.3, 0.4) is 0 Å². The van der Waals surface area contributed by atoms with Gasteiger partial charge in [0.25, 0.3) is 0 Å². The largest absolute Gasteiger partial charge is 0.322 e. The predicted octanol–water partition coefficient (Wildman–Crippen LogP) is 5.72. The van der Waals surface area contributed by atoms with Gasteiger partial charge in [0.1, 0.15) is 17.5 Å². The Labute approximate surface area is 186 Å². The van der Waals surface area contributed by atoms with Crippen molar-refractivity contribution in [2.24, 2.45) is 0 Å². The van der Waals surface area contributed by atoms with E-state index in [4.69, 9.17) is 0 Å². The number of benzene rings is 2. The molecule has 2 heterocycles. The topological polar surface area (TPSA) is 49.6 Å². The smallest absolute Gasteiger partial charge is 0.321 e. The molecule has 1 aliphatic carbocycles. The number of hydrogen-bond acceptors (Lipinski definition) is 3. The minimum absolute atomic E-state index is 0.0430. The van der Waals surface area contributed by atoms with Crippen LogP contribution in [0.15, 0.2) is 54.0 Å². The van der Waals surface area contributed by atoms with Crippen molar-refractivity contribution in [2.75, 3.05) is 11.9 Å². The molecule has 1 aliphatic rings. The zero-order valence-corrected chi connectivity index (χ0v) is 17.7. The fourth-order valence-electron chi connectivity index (χ4n) is 3.62. The molecule has 1 fully saturated rings. The van der Waals surface area contributed by atoms with Crippen molar-refractivity contribution in [3.05, 3.63) is 77.2 Å². The third-order valence-electron chi connectivity index (χ3n) is 5.45. The second kappa shape index (κ2) is 8.31. The molecule has 32 heavy (non-hydrogen) atoms. The fourth-order valence-corrected chi connectivity index (χ4v) is 4.53. The SMILES string of the molecule is O=C(Nc1ccc(F)cc1F)N(CCc1csc2nc(-c3ccc(F)cc3)cn12)C1CC1. The minimum Gasteiger partial charge on any atom is -0.321 e. The number of aromatic nitrogens is 2. The molecule has 0 bridgehead atoms. The fraction of sp³-hybridized carbons (Fsp3) is 0.217. The van der Waals surface area contributed by atoms with Gasteiger partial charge in [0.05, 0.1) is 11.4 Å². The second-order valence-corrected chi connectivity index (χ2v) is 8.58. The van der Waals surface area contributed by atoms with Gasteiger partial charge in [-0.1, -0.05) is 0 Å². The zero-order chi connectivity index (χ0) is 22.2. The molecule has 2 aromatic carbocycles. The van der Waals surface area contributed by atoms with E-state index in [1.54, 1.807) is 17.0 Å². The number of nitrogens with zero attached hydrogens (tertiary/aromatic N) is 3. The highest BCUT2D eigenvalue weighted by Gasteiger charge is 2.32. The molecule has 2 aromatic heterocycles. The molecule has 4 aromatic rings. The van der Waals surface area contributed by atoms with Crippen LogP contribution < -0.4 is 5.32 Å². The van der Waals surface area contributed by atoms with Gasteiger partial charge in [-0.05, 0) is 49.2 Å². The van der Waals surface area contributed by atoms with E-state index in [1.807, 2.05) is 16.0 Å². The summed E-state index contributed by atoms with van der Waals surface area (Å²) in [5.41, 5.74) is 2.53. The number of thiazole rings is 1. The van der Waals surface area contributed by atoms with E-state index in [1.165, 1.54) is 29.5 Å². The molecular formula is C23H19F3N4OS. The van der Waals surface area contributed by atoms with E-state index in [9.17, 15) is 18.0 Å². The van der Waals surface area contributed by atoms with Gasteiger partial charge in [0.15, 0.2) is 4.96 Å². The van der Waals surface area contributed by atoms with Gasteiger partial charge < -0.3 is 10.2 Å². The standard InChI is InChI=1S/C23H19F3N4OS/c24-15-3-1-14(2-4-15)21-12-30-18(13-32-23(30)28-21)9-10-29(17-6-7-17)22(31)27-20-8-5-16(25)11-19(20)26/h1-5,8,11-13,17H,6-7,9-10H2,(H,27,31). The van der Waals surface area contributed by atoms with Crippen molar-refractivity contribution >= 4 is 28.0 Å². The average Bonchev–Trinajstić information content (AvgIpc) is 3.40. The molecule has 0 aliphatic heterocycles. The van der Waals surface area contributed by atoms with Crippen molar-refractivity contribution in [2.45, 2.75) is 25.3 Å². The van der Waals surface area contributed by atoms with E-state index < -0.39 is 17.7 Å². The summed E-state index contributed by atoms with van der Waals surface area (Å²) in [4.78, 5) is 19.9. The molecule has 0 spiro atoms. The van der Waals surface area contributed by atoms with E-state index in [0.29, 0.717) is 13.0 Å². The lowest BCUT2D eigenvalue weighted by molar-refractivity contribution is 0.209. The summed E-state index contributed by atoms with van der Waals surface area (Å²) in [6.07, 6.45) is 4.30. The molecular weight excluding hydrogens is 437 g/mol. The molecule has 1 saturated carbocycles. The van der Waals surface area contributed by atoms with Gasteiger partial charge in [0.2, 0.25) is 0 Å². The summed E-state index contributed by atoms with van der Waals surface area (Å²) in [7, 11) is 0. The number of fused-ring (bicyclic) bond motifs is 1. The van der Waals surface area contributed by atoms with Crippen molar-refractivity contribution in [3.8, 4) is 11.3 Å². The lowest BCUT2D eigenvalue weighted by atomic mass is 10.2. The van der Waals surface area contributed by atoms with Gasteiger partial charge in [0, 0.05) is 47.9 Å². The van der Waals surface area contributed by atoms with Gasteiger partial charge in [-0.3, -0.25) is 4.40 Å². The number of halogens is 3. The number of anilines is 1. The highest BCUT2D eigenvalue weighted by atomic mass is 32.1. The van der Waals surface area contributed by atoms with Crippen molar-refractivity contribution in [1.82, 2.24) is 14.3 Å². The Kier molecular flexibility index (Phi) is 5.34. The predicted molar refractivity (Wildman–Crippen MR) is 117 cm³/mol. The van der Waals surface area contributed by atoms with E-state index in [-0.39, 0.29) is 17.5 Å². The molecule has 0 atom stereocenters. The molecule has 5 nitrogen and oxygen atoms in total. The van der Waals surface area contributed by atoms with Crippen LogP contribution in [0, 0.1) is 17.5 Å². The Hall–Kier alpha value is -3.33. The third kappa shape index (κ3) is 4.20. The number of urea groups is 1. The maximum Gasteiger partial charge on any atom is 0.322 e. The van der Waals surface area contributed by atoms with Crippen molar-refractivity contribution in [3.63, 3.8) is 0 Å². The minimum atomic E-state index is -0.805. The van der Waals surface area contributed by atoms with Crippen LogP contribution in [-0.2, 0) is 6.42 Å². The number of carbonyl (C=O) groups excluding carboxylic acids is 1. The number of hydrogen-bond donors (Lipinski definition) is 1. The van der Waals surface area contributed by atoms with Gasteiger partial charge in [-0.15, -0.1) is 11.3 Å². The Morgan fingerprint density at radius 2 is 1.88 bits per heavy atom. The lowest BCUT2D eigenvalue weighted by Crippen LogP contribution is -2.38. The van der Waals surface area contributed by atoms with E-state index >= 15 is 0 Å². The number of imidazole rings is 1. The van der Waals surface area contributed by atoms with Crippen LogP contribution in [0.25, 0.3) is 16.2 Å². The van der Waals surface area contributed by atoms with Crippen LogP contribution in [0.1, 0.15) is 18.5 Å². The summed E-state index contributed by atoms with van der Waals surface area (Å²) >= 11 is 1.50. The molecule has 5 rings (SSSR count). The highest BCUT2D eigenvalue weighted by molar-refractivity contribution is 7.15. The summed E-state index contributed by atoms with van der Waals surface area (Å²) in [6.45, 7) is 0.454. The van der Waals surface area contributed by atoms with Crippen LogP contribution in [0.5, 0.6) is 0 Å². The Bertz CT molecular complexity index is 1280. The quantitative estimate of drug-likeness (QED) is 0.404. The lowest BCUT2D eigenvalue weighted by Gasteiger charge is -2.23. The maximum atomic E-state index is 13.9. The van der Waals surface area contributed by atoms with Gasteiger partial charge in [-0.25, -0.2) is 22.9 Å². The molecule has 0 unspecified atom stereocenters. The second-order valence-electron chi connectivity index (χ2n) is 7.74. The van der Waals surface area contributed by atoms with Crippen LogP contribution >= 0.6 is 11.3 Å². The monoisotopic (exact) mass is 456 g/mol. The first-order valence-electron chi connectivity index (χ1n) is 10.2. The zero-order valence-electron chi connectivity index (χ0n) is 16.9. The molecule has 164 valence electrons. The third-order valence-corrected chi connectivity index (χ3v) is 6.34. The average molecular weight is 456 g/mol. The molecule has 0 saturated heterocycles. The number of rotatable bonds is 6. The number of nitrogens with one attached hydrogen (secondary N) is 1. The summed E-state index contributed by atoms with van der Waals surface area (Å²) < 4.78 is 42.2. The van der Waals surface area contributed by atoms with Crippen LogP contribution in [-0.4, -0.2) is 32.9 Å². The Morgan fingerprint density at radius 3 is 2.59 bits per heavy atom. The molecule has 0 radical (unpaired) electrons. The number of carbonyl (C=O) groups is 1. The van der Waals surface area contributed by atoms with Crippen LogP contribution in [0.4, 0.5) is 23.7 Å². The molecule has 9 heteroatoms. The van der Waals surface area contributed by atoms with Gasteiger partial charge >= 0.3 is 6.03 Å². The highest BCUT2D eigenvalue weighted by Crippen LogP contribution is 2.29. The normalized spacial score (nSPS) is 13.5. The van der Waals surface area contributed by atoms with Gasteiger partial charge in [-0.2, -0.15) is 0 Å². The first-order chi connectivity index (χ1) is 15.5. The molecule has 2 amide bonds. The number of amides is 2. The first kappa shape index (κ1) is 20.6. The van der Waals surface area contributed by atoms with E-state index in [0.717, 1.165) is 46.9 Å². The molecule has 1 N–H and O–H groups in total. The van der Waals surface area contributed by atoms with E-state index in [2.05, 4.69) is 10.3 Å². The Balaban J connectivity index is 1.30. The summed E-state index contributed by atoms with van der Waals surface area (Å²) in [5.74, 6) is -1.80. The van der Waals surface area contributed by atoms with Crippen molar-refractivity contribution in [1.29, 1.82) is 0 Å². The summed E-state index contributed by atoms with van der Waals surface area (Å²) in [5, 5.41) is 4.55. The maximum absolute atomic E-state index is 13.9. The first-order valence-corrected chi connectivity index (χ1v) is 11.1. The van der Waals surface area contributed by atoms with Crippen molar-refractivity contribution < 1.29 is 18.0 Å². The Morgan fingerprint density at radius 1 is 1.12 bits per heavy atom. The summed E-state index contributed by atoms with van der Waals surface area (Å²) in [6, 6.07) is 8.98.